The molecule has 0 bridgehead atoms. The van der Waals surface area contributed by atoms with Crippen LogP contribution in [0.1, 0.15) is 41.0 Å². The van der Waals surface area contributed by atoms with Crippen LogP contribution < -0.4 is 10.3 Å². The number of nitro benzene ring substituents is 1. The van der Waals surface area contributed by atoms with E-state index in [1.165, 1.54) is 34.2 Å². The molecule has 1 aliphatic heterocycles. The molecule has 9 heteroatoms. The molecule has 1 amide bonds. The summed E-state index contributed by atoms with van der Waals surface area (Å²) in [6, 6.07) is 15.4. The largest absolute Gasteiger partial charge is 0.371 e. The smallest absolute Gasteiger partial charge is 0.294 e. The van der Waals surface area contributed by atoms with Gasteiger partial charge in [-0.2, -0.15) is 5.10 Å². The molecule has 2 aromatic carbocycles. The lowest BCUT2D eigenvalue weighted by Gasteiger charge is -2.31. The standard InChI is InChI=1S/C25H27N5O4/c1-18-16-23(31)24(26-29(18)21-12-6-7-13-22(21)30(33)34)25(32)27(2)17-19-10-4-5-11-20(19)28-14-8-3-9-15-28/h4-7,10-13,16H,3,8-9,14-15,17H2,1-2H3. The van der Waals surface area contributed by atoms with Crippen molar-refractivity contribution < 1.29 is 9.72 Å². The second-order valence-electron chi connectivity index (χ2n) is 8.49. The van der Waals surface area contributed by atoms with Gasteiger partial charge in [0.15, 0.2) is 5.69 Å². The molecule has 2 heterocycles. The number of carbonyl (C=O) groups excluding carboxylic acids is 1. The van der Waals surface area contributed by atoms with Crippen molar-refractivity contribution in [3.05, 3.63) is 91.9 Å². The SMILES string of the molecule is Cc1cc(=O)c(C(=O)N(C)Cc2ccccc2N2CCCCC2)nn1-c1ccccc1[N+](=O)[O-]. The number of hydrogen-bond donors (Lipinski definition) is 0. The molecule has 1 saturated heterocycles. The van der Waals surface area contributed by atoms with Crippen LogP contribution in [0.3, 0.4) is 0 Å². The topological polar surface area (TPSA) is 102 Å². The van der Waals surface area contributed by atoms with Gasteiger partial charge in [0.2, 0.25) is 5.43 Å². The molecule has 9 nitrogen and oxygen atoms in total. The van der Waals surface area contributed by atoms with Crippen LogP contribution in [0.2, 0.25) is 0 Å². The minimum atomic E-state index is -0.536. The number of anilines is 1. The molecule has 0 spiro atoms. The van der Waals surface area contributed by atoms with Gasteiger partial charge < -0.3 is 9.80 Å². The van der Waals surface area contributed by atoms with Crippen LogP contribution in [0.5, 0.6) is 0 Å². The van der Waals surface area contributed by atoms with Crippen molar-refractivity contribution >= 4 is 17.3 Å². The Balaban J connectivity index is 1.65. The van der Waals surface area contributed by atoms with E-state index >= 15 is 0 Å². The van der Waals surface area contributed by atoms with Crippen LogP contribution in [0, 0.1) is 17.0 Å². The van der Waals surface area contributed by atoms with E-state index < -0.39 is 16.3 Å². The Morgan fingerprint density at radius 1 is 1.06 bits per heavy atom. The van der Waals surface area contributed by atoms with Gasteiger partial charge in [-0.25, -0.2) is 4.68 Å². The van der Waals surface area contributed by atoms with Gasteiger partial charge in [-0.05, 0) is 43.9 Å². The number of hydrogen-bond acceptors (Lipinski definition) is 6. The fraction of sp³-hybridized carbons (Fsp3) is 0.320. The van der Waals surface area contributed by atoms with E-state index in [4.69, 9.17) is 0 Å². The van der Waals surface area contributed by atoms with Crippen molar-refractivity contribution in [1.82, 2.24) is 14.7 Å². The second kappa shape index (κ2) is 9.86. The molecule has 0 atom stereocenters. The van der Waals surface area contributed by atoms with E-state index in [0.717, 1.165) is 37.2 Å². The number of aromatic nitrogens is 2. The zero-order chi connectivity index (χ0) is 24.2. The Morgan fingerprint density at radius 3 is 2.41 bits per heavy atom. The van der Waals surface area contributed by atoms with Gasteiger partial charge in [0.05, 0.1) is 4.92 Å². The van der Waals surface area contributed by atoms with Crippen molar-refractivity contribution in [3.8, 4) is 5.69 Å². The zero-order valence-electron chi connectivity index (χ0n) is 19.3. The summed E-state index contributed by atoms with van der Waals surface area (Å²) in [6.07, 6.45) is 3.51. The minimum Gasteiger partial charge on any atom is -0.371 e. The third-order valence-corrected chi connectivity index (χ3v) is 6.06. The van der Waals surface area contributed by atoms with Gasteiger partial charge in [-0.15, -0.1) is 0 Å². The van der Waals surface area contributed by atoms with Crippen LogP contribution >= 0.6 is 0 Å². The summed E-state index contributed by atoms with van der Waals surface area (Å²) in [5.74, 6) is -0.536. The Morgan fingerprint density at radius 2 is 1.71 bits per heavy atom. The summed E-state index contributed by atoms with van der Waals surface area (Å²) in [5, 5.41) is 15.7. The molecule has 4 rings (SSSR count). The molecule has 0 radical (unpaired) electrons. The van der Waals surface area contributed by atoms with E-state index in [1.54, 1.807) is 26.1 Å². The summed E-state index contributed by atoms with van der Waals surface area (Å²) in [7, 11) is 1.63. The number of nitro groups is 1. The average molecular weight is 462 g/mol. The molecular weight excluding hydrogens is 434 g/mol. The van der Waals surface area contributed by atoms with Crippen molar-refractivity contribution in [2.75, 3.05) is 25.0 Å². The summed E-state index contributed by atoms with van der Waals surface area (Å²) < 4.78 is 1.28. The molecular formula is C25H27N5O4. The first kappa shape index (κ1) is 23.2. The van der Waals surface area contributed by atoms with E-state index in [9.17, 15) is 19.7 Å². The highest BCUT2D eigenvalue weighted by Gasteiger charge is 2.23. The van der Waals surface area contributed by atoms with Gasteiger partial charge in [-0.1, -0.05) is 30.3 Å². The number of nitrogens with zero attached hydrogens (tertiary/aromatic N) is 5. The molecule has 0 saturated carbocycles. The van der Waals surface area contributed by atoms with Crippen molar-refractivity contribution in [1.29, 1.82) is 0 Å². The third kappa shape index (κ3) is 4.68. The van der Waals surface area contributed by atoms with Gasteiger partial charge in [0.1, 0.15) is 5.69 Å². The van der Waals surface area contributed by atoms with E-state index in [1.807, 2.05) is 18.2 Å². The number of piperidine rings is 1. The average Bonchev–Trinajstić information content (AvgIpc) is 2.84. The normalized spacial score (nSPS) is 13.5. The summed E-state index contributed by atoms with van der Waals surface area (Å²) >= 11 is 0. The first-order valence-electron chi connectivity index (χ1n) is 11.3. The first-order chi connectivity index (χ1) is 16.4. The van der Waals surface area contributed by atoms with E-state index in [-0.39, 0.29) is 17.1 Å². The fourth-order valence-corrected chi connectivity index (χ4v) is 4.33. The zero-order valence-corrected chi connectivity index (χ0v) is 19.3. The molecule has 1 aromatic heterocycles. The molecule has 0 N–H and O–H groups in total. The molecule has 3 aromatic rings. The molecule has 176 valence electrons. The molecule has 34 heavy (non-hydrogen) atoms. The van der Waals surface area contributed by atoms with Crippen LogP contribution in [0.15, 0.2) is 59.4 Å². The van der Waals surface area contributed by atoms with Crippen molar-refractivity contribution in [2.45, 2.75) is 32.7 Å². The fourth-order valence-electron chi connectivity index (χ4n) is 4.33. The number of aryl methyl sites for hydroxylation is 1. The maximum absolute atomic E-state index is 13.3. The van der Waals surface area contributed by atoms with Crippen molar-refractivity contribution in [3.63, 3.8) is 0 Å². The van der Waals surface area contributed by atoms with E-state index in [0.29, 0.717) is 12.2 Å². The van der Waals surface area contributed by atoms with Gasteiger partial charge in [-0.3, -0.25) is 19.7 Å². The maximum atomic E-state index is 13.3. The lowest BCUT2D eigenvalue weighted by molar-refractivity contribution is -0.384. The lowest BCUT2D eigenvalue weighted by atomic mass is 10.1. The predicted octanol–water partition coefficient (Wildman–Crippen LogP) is 3.71. The van der Waals surface area contributed by atoms with Gasteiger partial charge in [0, 0.05) is 50.2 Å². The first-order valence-corrected chi connectivity index (χ1v) is 11.3. The quantitative estimate of drug-likeness (QED) is 0.410. The number of benzene rings is 2. The Bertz CT molecular complexity index is 1280. The Kier molecular flexibility index (Phi) is 6.72. The highest BCUT2D eigenvalue weighted by atomic mass is 16.6. The third-order valence-electron chi connectivity index (χ3n) is 6.06. The van der Waals surface area contributed by atoms with Crippen molar-refractivity contribution in [2.24, 2.45) is 0 Å². The highest BCUT2D eigenvalue weighted by Crippen LogP contribution is 2.26. The number of rotatable bonds is 6. The number of para-hydroxylation sites is 3. The summed E-state index contributed by atoms with van der Waals surface area (Å²) in [5.41, 5.74) is 1.72. The molecule has 0 unspecified atom stereocenters. The summed E-state index contributed by atoms with van der Waals surface area (Å²) in [4.78, 5) is 40.7. The number of carbonyl (C=O) groups is 1. The second-order valence-corrected chi connectivity index (χ2v) is 8.49. The van der Waals surface area contributed by atoms with Crippen LogP contribution in [0.4, 0.5) is 11.4 Å². The van der Waals surface area contributed by atoms with Gasteiger partial charge >= 0.3 is 0 Å². The van der Waals surface area contributed by atoms with Gasteiger partial charge in [0.25, 0.3) is 11.6 Å². The predicted molar refractivity (Wildman–Crippen MR) is 130 cm³/mol. The van der Waals surface area contributed by atoms with Crippen LogP contribution in [0.25, 0.3) is 5.69 Å². The molecule has 1 fully saturated rings. The highest BCUT2D eigenvalue weighted by molar-refractivity contribution is 5.92. The van der Waals surface area contributed by atoms with E-state index in [2.05, 4.69) is 16.1 Å². The van der Waals surface area contributed by atoms with Crippen LogP contribution in [-0.2, 0) is 6.54 Å². The van der Waals surface area contributed by atoms with Crippen LogP contribution in [-0.4, -0.2) is 45.6 Å². The molecule has 1 aliphatic rings. The lowest BCUT2D eigenvalue weighted by Crippen LogP contribution is -2.35. The monoisotopic (exact) mass is 461 g/mol. The maximum Gasteiger partial charge on any atom is 0.294 e. The Hall–Kier alpha value is -4.01. The number of amides is 1. The summed E-state index contributed by atoms with van der Waals surface area (Å²) in [6.45, 7) is 3.90. The molecule has 0 aliphatic carbocycles. The Labute approximate surface area is 197 Å². The minimum absolute atomic E-state index is 0.163.